The summed E-state index contributed by atoms with van der Waals surface area (Å²) in [5, 5.41) is 5.71. The molecule has 1 heterocycles. The number of rotatable bonds is 4. The van der Waals surface area contributed by atoms with Crippen molar-refractivity contribution in [3.63, 3.8) is 0 Å². The monoisotopic (exact) mass is 363 g/mol. The van der Waals surface area contributed by atoms with Gasteiger partial charge in [-0.05, 0) is 26.2 Å². The second kappa shape index (κ2) is 6.94. The number of carbonyl (C=O) groups excluding carboxylic acids is 1. The molecule has 0 saturated heterocycles. The van der Waals surface area contributed by atoms with Crippen LogP contribution in [0.4, 0.5) is 5.13 Å². The quantitative estimate of drug-likeness (QED) is 0.817. The van der Waals surface area contributed by atoms with Crippen LogP contribution in [0, 0.1) is 0 Å². The van der Waals surface area contributed by atoms with Gasteiger partial charge < -0.3 is 4.90 Å². The summed E-state index contributed by atoms with van der Waals surface area (Å²) >= 11 is 19.3. The zero-order valence-corrected chi connectivity index (χ0v) is 14.4. The van der Waals surface area contributed by atoms with Crippen LogP contribution >= 0.6 is 46.1 Å². The van der Waals surface area contributed by atoms with E-state index in [1.807, 2.05) is 24.4 Å². The van der Waals surface area contributed by atoms with Crippen LogP contribution in [0.25, 0.3) is 0 Å². The third-order valence-corrected chi connectivity index (χ3v) is 4.45. The maximum absolute atomic E-state index is 12.3. The van der Waals surface area contributed by atoms with Crippen LogP contribution < -0.4 is 5.32 Å². The van der Waals surface area contributed by atoms with E-state index in [2.05, 4.69) is 10.3 Å². The molecular weight excluding hydrogens is 353 g/mol. The SMILES string of the molecule is CN(C)Cc1csc(NC(=O)c2c(Cl)ccc(Cl)c2Cl)n1. The van der Waals surface area contributed by atoms with Gasteiger partial charge in [-0.25, -0.2) is 4.98 Å². The van der Waals surface area contributed by atoms with Crippen LogP contribution in [0.15, 0.2) is 17.5 Å². The Morgan fingerprint density at radius 1 is 1.29 bits per heavy atom. The van der Waals surface area contributed by atoms with Crippen molar-refractivity contribution < 1.29 is 4.79 Å². The van der Waals surface area contributed by atoms with E-state index in [0.717, 1.165) is 5.69 Å². The lowest BCUT2D eigenvalue weighted by atomic mass is 10.2. The second-order valence-corrected chi connectivity index (χ2v) is 6.60. The molecule has 1 aromatic heterocycles. The van der Waals surface area contributed by atoms with E-state index in [-0.39, 0.29) is 20.6 Å². The summed E-state index contributed by atoms with van der Waals surface area (Å²) in [5.74, 6) is -0.432. The smallest absolute Gasteiger partial charge is 0.260 e. The van der Waals surface area contributed by atoms with Crippen molar-refractivity contribution in [2.24, 2.45) is 0 Å². The molecule has 21 heavy (non-hydrogen) atoms. The predicted octanol–water partition coefficient (Wildman–Crippen LogP) is 4.42. The summed E-state index contributed by atoms with van der Waals surface area (Å²) in [6, 6.07) is 3.07. The molecule has 1 N–H and O–H groups in total. The Bertz CT molecular complexity index is 673. The standard InChI is InChI=1S/C13H12Cl3N3OS/c1-19(2)5-7-6-21-13(17-7)18-12(20)10-8(14)3-4-9(15)11(10)16/h3-4,6H,5H2,1-2H3,(H,17,18,20). The second-order valence-electron chi connectivity index (χ2n) is 4.55. The predicted molar refractivity (Wildman–Crippen MR) is 88.9 cm³/mol. The van der Waals surface area contributed by atoms with Gasteiger partial charge >= 0.3 is 0 Å². The molecule has 0 atom stereocenters. The fourth-order valence-corrected chi connectivity index (χ4v) is 3.05. The van der Waals surface area contributed by atoms with Crippen LogP contribution in [-0.2, 0) is 6.54 Å². The van der Waals surface area contributed by atoms with Gasteiger partial charge in [0.1, 0.15) is 0 Å². The number of carbonyl (C=O) groups is 1. The molecule has 1 amide bonds. The molecule has 2 aromatic rings. The molecule has 2 rings (SSSR count). The fraction of sp³-hybridized carbons (Fsp3) is 0.231. The van der Waals surface area contributed by atoms with E-state index in [1.165, 1.54) is 17.4 Å². The van der Waals surface area contributed by atoms with Crippen molar-refractivity contribution in [1.29, 1.82) is 0 Å². The van der Waals surface area contributed by atoms with Crippen LogP contribution in [0.5, 0.6) is 0 Å². The first kappa shape index (κ1) is 16.5. The van der Waals surface area contributed by atoms with Gasteiger partial charge in [0, 0.05) is 11.9 Å². The number of amides is 1. The number of hydrogen-bond donors (Lipinski definition) is 1. The van der Waals surface area contributed by atoms with Crippen LogP contribution in [0.1, 0.15) is 16.1 Å². The van der Waals surface area contributed by atoms with Crippen molar-refractivity contribution in [3.05, 3.63) is 43.8 Å². The minimum absolute atomic E-state index is 0.131. The van der Waals surface area contributed by atoms with E-state index in [1.54, 1.807) is 6.07 Å². The topological polar surface area (TPSA) is 45.2 Å². The molecule has 0 radical (unpaired) electrons. The van der Waals surface area contributed by atoms with Crippen LogP contribution in [0.2, 0.25) is 15.1 Å². The van der Waals surface area contributed by atoms with Gasteiger partial charge in [-0.15, -0.1) is 11.3 Å². The Morgan fingerprint density at radius 2 is 1.95 bits per heavy atom. The zero-order valence-electron chi connectivity index (χ0n) is 11.3. The van der Waals surface area contributed by atoms with Crippen molar-refractivity contribution in [2.45, 2.75) is 6.54 Å². The van der Waals surface area contributed by atoms with Gasteiger partial charge in [-0.2, -0.15) is 0 Å². The first-order chi connectivity index (χ1) is 9.88. The highest BCUT2D eigenvalue weighted by Gasteiger charge is 2.18. The Labute approximate surface area is 141 Å². The largest absolute Gasteiger partial charge is 0.304 e. The van der Waals surface area contributed by atoms with E-state index >= 15 is 0 Å². The average Bonchev–Trinajstić information content (AvgIpc) is 2.80. The average molecular weight is 365 g/mol. The molecular formula is C13H12Cl3N3OS. The third kappa shape index (κ3) is 4.08. The van der Waals surface area contributed by atoms with Gasteiger partial charge in [-0.3, -0.25) is 10.1 Å². The first-order valence-electron chi connectivity index (χ1n) is 5.92. The van der Waals surface area contributed by atoms with Gasteiger partial charge in [0.15, 0.2) is 5.13 Å². The van der Waals surface area contributed by atoms with Gasteiger partial charge in [0.25, 0.3) is 5.91 Å². The lowest BCUT2D eigenvalue weighted by Crippen LogP contribution is -2.14. The Kier molecular flexibility index (Phi) is 5.46. The molecule has 1 aromatic carbocycles. The Balaban J connectivity index is 2.19. The molecule has 0 aliphatic carbocycles. The molecule has 8 heteroatoms. The fourth-order valence-electron chi connectivity index (χ4n) is 1.66. The maximum atomic E-state index is 12.3. The normalized spacial score (nSPS) is 11.0. The third-order valence-electron chi connectivity index (χ3n) is 2.52. The summed E-state index contributed by atoms with van der Waals surface area (Å²) in [4.78, 5) is 18.6. The molecule has 0 fully saturated rings. The summed E-state index contributed by atoms with van der Waals surface area (Å²) < 4.78 is 0. The first-order valence-corrected chi connectivity index (χ1v) is 7.94. The van der Waals surface area contributed by atoms with E-state index in [9.17, 15) is 4.79 Å². The van der Waals surface area contributed by atoms with Crippen molar-refractivity contribution in [2.75, 3.05) is 19.4 Å². The number of nitrogens with one attached hydrogen (secondary N) is 1. The summed E-state index contributed by atoms with van der Waals surface area (Å²) in [5.41, 5.74) is 1.03. The summed E-state index contributed by atoms with van der Waals surface area (Å²) in [7, 11) is 3.90. The lowest BCUT2D eigenvalue weighted by molar-refractivity contribution is 0.102. The molecule has 0 aliphatic rings. The number of anilines is 1. The summed E-state index contributed by atoms with van der Waals surface area (Å²) in [6.45, 7) is 0.699. The highest BCUT2D eigenvalue weighted by Crippen LogP contribution is 2.32. The Morgan fingerprint density at radius 3 is 2.62 bits per heavy atom. The molecule has 0 bridgehead atoms. The van der Waals surface area contributed by atoms with Gasteiger partial charge in [0.05, 0.1) is 26.3 Å². The van der Waals surface area contributed by atoms with Gasteiger partial charge in [0.2, 0.25) is 0 Å². The number of benzene rings is 1. The summed E-state index contributed by atoms with van der Waals surface area (Å²) in [6.07, 6.45) is 0. The zero-order chi connectivity index (χ0) is 15.6. The van der Waals surface area contributed by atoms with Crippen LogP contribution in [-0.4, -0.2) is 29.9 Å². The van der Waals surface area contributed by atoms with Crippen LogP contribution in [0.3, 0.4) is 0 Å². The van der Waals surface area contributed by atoms with E-state index in [0.29, 0.717) is 11.7 Å². The minimum atomic E-state index is -0.432. The van der Waals surface area contributed by atoms with E-state index in [4.69, 9.17) is 34.8 Å². The van der Waals surface area contributed by atoms with Crippen molar-refractivity contribution in [3.8, 4) is 0 Å². The number of thiazole rings is 1. The Hall–Kier alpha value is -0.850. The molecule has 0 saturated carbocycles. The minimum Gasteiger partial charge on any atom is -0.304 e. The highest BCUT2D eigenvalue weighted by atomic mass is 35.5. The lowest BCUT2D eigenvalue weighted by Gasteiger charge is -2.08. The van der Waals surface area contributed by atoms with E-state index < -0.39 is 5.91 Å². The van der Waals surface area contributed by atoms with Crippen molar-refractivity contribution >= 4 is 57.2 Å². The maximum Gasteiger partial charge on any atom is 0.260 e. The van der Waals surface area contributed by atoms with Gasteiger partial charge in [-0.1, -0.05) is 34.8 Å². The number of halogens is 3. The number of hydrogen-bond acceptors (Lipinski definition) is 4. The molecule has 4 nitrogen and oxygen atoms in total. The highest BCUT2D eigenvalue weighted by molar-refractivity contribution is 7.14. The molecule has 112 valence electrons. The van der Waals surface area contributed by atoms with Crippen molar-refractivity contribution in [1.82, 2.24) is 9.88 Å². The number of nitrogens with zero attached hydrogens (tertiary/aromatic N) is 2. The molecule has 0 unspecified atom stereocenters. The molecule has 0 spiro atoms. The number of aromatic nitrogens is 1. The molecule has 0 aliphatic heterocycles.